The van der Waals surface area contributed by atoms with Crippen LogP contribution >= 0.6 is 0 Å². The Hall–Kier alpha value is -1.25. The minimum atomic E-state index is -0.0745. The first-order chi connectivity index (χ1) is 7.61. The highest BCUT2D eigenvalue weighted by molar-refractivity contribution is 5.78. The fourth-order valence-electron chi connectivity index (χ4n) is 2.24. The van der Waals surface area contributed by atoms with Crippen molar-refractivity contribution in [2.75, 3.05) is 0 Å². The van der Waals surface area contributed by atoms with Crippen LogP contribution in [0.5, 0.6) is 0 Å². The Labute approximate surface area is 96.4 Å². The van der Waals surface area contributed by atoms with Crippen LogP contribution in [0.1, 0.15) is 44.4 Å². The second-order valence-corrected chi connectivity index (χ2v) is 4.65. The number of aryl methyl sites for hydroxylation is 2. The van der Waals surface area contributed by atoms with E-state index < -0.39 is 0 Å². The van der Waals surface area contributed by atoms with E-state index in [0.717, 1.165) is 25.1 Å². The molecule has 16 heavy (non-hydrogen) atoms. The van der Waals surface area contributed by atoms with Crippen LogP contribution in [0.3, 0.4) is 0 Å². The number of fused-ring (bicyclic) bond motifs is 1. The highest BCUT2D eigenvalue weighted by Gasteiger charge is 2.30. The Morgan fingerprint density at radius 1 is 1.62 bits per heavy atom. The van der Waals surface area contributed by atoms with Crippen LogP contribution in [-0.4, -0.2) is 16.6 Å². The summed E-state index contributed by atoms with van der Waals surface area (Å²) in [7, 11) is 0. The maximum atomic E-state index is 11.9. The lowest BCUT2D eigenvalue weighted by molar-refractivity contribution is -0.149. The van der Waals surface area contributed by atoms with Gasteiger partial charge in [-0.05, 0) is 38.3 Å². The predicted octanol–water partition coefficient (Wildman–Crippen LogP) is 2.49. The van der Waals surface area contributed by atoms with Gasteiger partial charge in [0.1, 0.15) is 0 Å². The summed E-state index contributed by atoms with van der Waals surface area (Å²) in [5, 5.41) is 0. The molecule has 1 aromatic heterocycles. The first-order valence-electron chi connectivity index (χ1n) is 6.01. The zero-order chi connectivity index (χ0) is 11.7. The maximum absolute atomic E-state index is 11.9. The van der Waals surface area contributed by atoms with Gasteiger partial charge in [0, 0.05) is 18.4 Å². The molecule has 88 valence electrons. The van der Waals surface area contributed by atoms with E-state index in [4.69, 9.17) is 4.74 Å². The van der Waals surface area contributed by atoms with E-state index in [0.29, 0.717) is 0 Å². The van der Waals surface area contributed by atoms with Crippen molar-refractivity contribution < 1.29 is 9.53 Å². The minimum Gasteiger partial charge on any atom is -0.462 e. The Morgan fingerprint density at radius 3 is 3.00 bits per heavy atom. The largest absolute Gasteiger partial charge is 0.462 e. The lowest BCUT2D eigenvalue weighted by Gasteiger charge is -2.12. The summed E-state index contributed by atoms with van der Waals surface area (Å²) < 4.78 is 7.47. The van der Waals surface area contributed by atoms with E-state index in [9.17, 15) is 4.79 Å². The Balaban J connectivity index is 2.15. The molecule has 3 nitrogen and oxygen atoms in total. The van der Waals surface area contributed by atoms with Gasteiger partial charge in [-0.3, -0.25) is 4.79 Å². The monoisotopic (exact) mass is 221 g/mol. The lowest BCUT2D eigenvalue weighted by atomic mass is 10.0. The summed E-state index contributed by atoms with van der Waals surface area (Å²) in [6, 6.07) is 2.14. The Bertz CT molecular complexity index is 393. The SMILES string of the molecule is CCc1cc2n(c1)CCC2C(=O)OC(C)C. The second-order valence-electron chi connectivity index (χ2n) is 4.65. The van der Waals surface area contributed by atoms with E-state index in [-0.39, 0.29) is 18.0 Å². The van der Waals surface area contributed by atoms with Gasteiger partial charge in [0.05, 0.1) is 12.0 Å². The molecule has 0 saturated carbocycles. The van der Waals surface area contributed by atoms with Crippen LogP contribution in [0.4, 0.5) is 0 Å². The molecular weight excluding hydrogens is 202 g/mol. The van der Waals surface area contributed by atoms with Gasteiger partial charge >= 0.3 is 5.97 Å². The van der Waals surface area contributed by atoms with Gasteiger partial charge < -0.3 is 9.30 Å². The van der Waals surface area contributed by atoms with Crippen molar-refractivity contribution in [1.82, 2.24) is 4.57 Å². The van der Waals surface area contributed by atoms with Gasteiger partial charge in [0.2, 0.25) is 0 Å². The van der Waals surface area contributed by atoms with Crippen molar-refractivity contribution >= 4 is 5.97 Å². The van der Waals surface area contributed by atoms with Gasteiger partial charge in [0.25, 0.3) is 0 Å². The van der Waals surface area contributed by atoms with Crippen LogP contribution in [-0.2, 0) is 22.5 Å². The third-order valence-corrected chi connectivity index (χ3v) is 3.05. The molecule has 2 rings (SSSR count). The number of esters is 1. The summed E-state index contributed by atoms with van der Waals surface area (Å²) in [6.45, 7) is 6.85. The second kappa shape index (κ2) is 4.32. The van der Waals surface area contributed by atoms with E-state index >= 15 is 0 Å². The predicted molar refractivity (Wildman–Crippen MR) is 62.4 cm³/mol. The van der Waals surface area contributed by atoms with E-state index in [1.54, 1.807) is 0 Å². The molecule has 0 aromatic carbocycles. The lowest BCUT2D eigenvalue weighted by Crippen LogP contribution is -2.17. The molecule has 0 radical (unpaired) electrons. The standard InChI is InChI=1S/C13H19NO2/c1-4-10-7-12-11(5-6-14(12)8-10)13(15)16-9(2)3/h7-9,11H,4-6H2,1-3H3. The van der Waals surface area contributed by atoms with Gasteiger partial charge in [-0.1, -0.05) is 6.92 Å². The van der Waals surface area contributed by atoms with Crippen molar-refractivity contribution in [1.29, 1.82) is 0 Å². The molecule has 3 heteroatoms. The number of nitrogens with zero attached hydrogens (tertiary/aromatic N) is 1. The van der Waals surface area contributed by atoms with Crippen LogP contribution in [0, 0.1) is 0 Å². The van der Waals surface area contributed by atoms with Gasteiger partial charge in [-0.2, -0.15) is 0 Å². The molecule has 0 N–H and O–H groups in total. The van der Waals surface area contributed by atoms with Gasteiger partial charge in [0.15, 0.2) is 0 Å². The average molecular weight is 221 g/mol. The normalized spacial score (nSPS) is 18.9. The van der Waals surface area contributed by atoms with Crippen LogP contribution < -0.4 is 0 Å². The molecular formula is C13H19NO2. The Morgan fingerprint density at radius 2 is 2.38 bits per heavy atom. The quantitative estimate of drug-likeness (QED) is 0.734. The van der Waals surface area contributed by atoms with Gasteiger partial charge in [-0.25, -0.2) is 0 Å². The fourth-order valence-corrected chi connectivity index (χ4v) is 2.24. The summed E-state index contributed by atoms with van der Waals surface area (Å²) in [6.07, 6.45) is 4.02. The summed E-state index contributed by atoms with van der Waals surface area (Å²) in [5.41, 5.74) is 2.43. The number of hydrogen-bond acceptors (Lipinski definition) is 2. The number of carbonyl (C=O) groups excluding carboxylic acids is 1. The molecule has 1 aliphatic heterocycles. The molecule has 0 aliphatic carbocycles. The number of carbonyl (C=O) groups is 1. The number of rotatable bonds is 3. The molecule has 0 fully saturated rings. The molecule has 1 aromatic rings. The van der Waals surface area contributed by atoms with E-state index in [1.165, 1.54) is 5.56 Å². The molecule has 1 unspecified atom stereocenters. The maximum Gasteiger partial charge on any atom is 0.315 e. The van der Waals surface area contributed by atoms with Gasteiger partial charge in [-0.15, -0.1) is 0 Å². The Kier molecular flexibility index (Phi) is 3.03. The molecule has 1 atom stereocenters. The first kappa shape index (κ1) is 11.2. The zero-order valence-electron chi connectivity index (χ0n) is 10.2. The molecule has 0 bridgehead atoms. The highest BCUT2D eigenvalue weighted by atomic mass is 16.5. The molecule has 2 heterocycles. The third-order valence-electron chi connectivity index (χ3n) is 3.05. The molecule has 0 amide bonds. The van der Waals surface area contributed by atoms with E-state index in [1.807, 2.05) is 13.8 Å². The molecule has 1 aliphatic rings. The molecule has 0 saturated heterocycles. The van der Waals surface area contributed by atoms with Crippen molar-refractivity contribution in [2.24, 2.45) is 0 Å². The number of hydrogen-bond donors (Lipinski definition) is 0. The van der Waals surface area contributed by atoms with Crippen molar-refractivity contribution in [2.45, 2.75) is 52.2 Å². The smallest absolute Gasteiger partial charge is 0.315 e. The zero-order valence-corrected chi connectivity index (χ0v) is 10.2. The summed E-state index contributed by atoms with van der Waals surface area (Å²) in [4.78, 5) is 11.9. The van der Waals surface area contributed by atoms with Crippen LogP contribution in [0.15, 0.2) is 12.3 Å². The van der Waals surface area contributed by atoms with Crippen molar-refractivity contribution in [3.63, 3.8) is 0 Å². The minimum absolute atomic E-state index is 0.0258. The third kappa shape index (κ3) is 1.99. The summed E-state index contributed by atoms with van der Waals surface area (Å²) in [5.74, 6) is -0.128. The number of aromatic nitrogens is 1. The summed E-state index contributed by atoms with van der Waals surface area (Å²) >= 11 is 0. The first-order valence-corrected chi connectivity index (χ1v) is 6.01. The van der Waals surface area contributed by atoms with Crippen molar-refractivity contribution in [3.8, 4) is 0 Å². The van der Waals surface area contributed by atoms with E-state index in [2.05, 4.69) is 23.8 Å². The average Bonchev–Trinajstić information content (AvgIpc) is 2.73. The molecule has 0 spiro atoms. The van der Waals surface area contributed by atoms with Crippen LogP contribution in [0.2, 0.25) is 0 Å². The van der Waals surface area contributed by atoms with Crippen LogP contribution in [0.25, 0.3) is 0 Å². The highest BCUT2D eigenvalue weighted by Crippen LogP contribution is 2.31. The van der Waals surface area contributed by atoms with Crippen molar-refractivity contribution in [3.05, 3.63) is 23.5 Å². The number of ether oxygens (including phenoxy) is 1. The topological polar surface area (TPSA) is 31.2 Å². The fraction of sp³-hybridized carbons (Fsp3) is 0.615.